The number of nitrogens with zero attached hydrogens (tertiary/aromatic N) is 1. The van der Waals surface area contributed by atoms with Gasteiger partial charge in [0.1, 0.15) is 0 Å². The maximum absolute atomic E-state index is 5.70. The summed E-state index contributed by atoms with van der Waals surface area (Å²) < 4.78 is 0. The Morgan fingerprint density at radius 3 is 2.58 bits per heavy atom. The van der Waals surface area contributed by atoms with Crippen LogP contribution in [-0.2, 0) is 10.4 Å². The van der Waals surface area contributed by atoms with Crippen LogP contribution in [0.1, 0.15) is 25.6 Å². The molecule has 2 unspecified atom stereocenters. The molecule has 0 aliphatic carbocycles. The van der Waals surface area contributed by atoms with E-state index in [-0.39, 0.29) is 5.60 Å². The molecule has 1 aliphatic rings. The predicted octanol–water partition coefficient (Wildman–Crippen LogP) is 4.67. The van der Waals surface area contributed by atoms with Gasteiger partial charge in [0.05, 0.1) is 10.6 Å². The van der Waals surface area contributed by atoms with Gasteiger partial charge in [-0.3, -0.25) is 0 Å². The maximum atomic E-state index is 5.70. The van der Waals surface area contributed by atoms with Crippen LogP contribution in [0.25, 0.3) is 11.1 Å². The lowest BCUT2D eigenvalue weighted by Crippen LogP contribution is -2.29. The SMILES string of the molecule is CC1=NOC(C)(c2cc(-c3ccccc3)cs2)C1C. The second-order valence-electron chi connectivity index (χ2n) is 5.22. The van der Waals surface area contributed by atoms with Crippen LogP contribution in [0.15, 0.2) is 46.9 Å². The zero-order valence-electron chi connectivity index (χ0n) is 11.4. The van der Waals surface area contributed by atoms with Gasteiger partial charge in [0, 0.05) is 5.92 Å². The third kappa shape index (κ3) is 1.98. The van der Waals surface area contributed by atoms with E-state index in [2.05, 4.69) is 54.7 Å². The highest BCUT2D eigenvalue weighted by Crippen LogP contribution is 2.43. The van der Waals surface area contributed by atoms with Gasteiger partial charge in [0.25, 0.3) is 0 Å². The summed E-state index contributed by atoms with van der Waals surface area (Å²) in [5, 5.41) is 6.35. The van der Waals surface area contributed by atoms with E-state index in [0.717, 1.165) is 5.71 Å². The fourth-order valence-corrected chi connectivity index (χ4v) is 3.46. The Kier molecular flexibility index (Phi) is 2.94. The summed E-state index contributed by atoms with van der Waals surface area (Å²) in [6, 6.07) is 12.7. The molecule has 0 N–H and O–H groups in total. The van der Waals surface area contributed by atoms with Gasteiger partial charge < -0.3 is 4.84 Å². The molecule has 2 heterocycles. The molecule has 0 bridgehead atoms. The Balaban J connectivity index is 1.95. The molecule has 0 radical (unpaired) electrons. The minimum atomic E-state index is -0.318. The molecule has 0 fully saturated rings. The molecule has 1 aromatic carbocycles. The zero-order valence-corrected chi connectivity index (χ0v) is 12.2. The Morgan fingerprint density at radius 1 is 1.21 bits per heavy atom. The van der Waals surface area contributed by atoms with Crippen molar-refractivity contribution < 1.29 is 4.84 Å². The molecule has 2 aromatic rings. The molecule has 1 aromatic heterocycles. The van der Waals surface area contributed by atoms with Crippen molar-refractivity contribution in [3.05, 3.63) is 46.7 Å². The second-order valence-corrected chi connectivity index (χ2v) is 6.13. The first-order valence-electron chi connectivity index (χ1n) is 6.48. The number of oxime groups is 1. The summed E-state index contributed by atoms with van der Waals surface area (Å²) >= 11 is 1.75. The van der Waals surface area contributed by atoms with E-state index >= 15 is 0 Å². The summed E-state index contributed by atoms with van der Waals surface area (Å²) in [6.45, 7) is 6.33. The molecule has 0 saturated heterocycles. The van der Waals surface area contributed by atoms with E-state index in [4.69, 9.17) is 4.84 Å². The largest absolute Gasteiger partial charge is 0.383 e. The summed E-state index contributed by atoms with van der Waals surface area (Å²) in [5.74, 6) is 0.315. The molecule has 3 heteroatoms. The van der Waals surface area contributed by atoms with Crippen molar-refractivity contribution in [2.45, 2.75) is 26.4 Å². The number of rotatable bonds is 2. The van der Waals surface area contributed by atoms with Crippen LogP contribution >= 0.6 is 11.3 Å². The number of thiophene rings is 1. The Morgan fingerprint density at radius 2 is 1.95 bits per heavy atom. The number of hydrogen-bond donors (Lipinski definition) is 0. The summed E-state index contributed by atoms with van der Waals surface area (Å²) in [5.41, 5.74) is 3.25. The van der Waals surface area contributed by atoms with Gasteiger partial charge in [-0.2, -0.15) is 0 Å². The molecule has 0 spiro atoms. The van der Waals surface area contributed by atoms with Crippen LogP contribution in [0.4, 0.5) is 0 Å². The molecular formula is C16H17NOS. The van der Waals surface area contributed by atoms with E-state index in [1.54, 1.807) is 11.3 Å². The van der Waals surface area contributed by atoms with Gasteiger partial charge in [0.2, 0.25) is 0 Å². The molecule has 0 saturated carbocycles. The minimum Gasteiger partial charge on any atom is -0.383 e. The van der Waals surface area contributed by atoms with Crippen LogP contribution in [0, 0.1) is 5.92 Å². The van der Waals surface area contributed by atoms with Gasteiger partial charge in [-0.1, -0.05) is 42.4 Å². The lowest BCUT2D eigenvalue weighted by molar-refractivity contribution is -0.0279. The monoisotopic (exact) mass is 271 g/mol. The van der Waals surface area contributed by atoms with E-state index < -0.39 is 0 Å². The highest BCUT2D eigenvalue weighted by molar-refractivity contribution is 7.10. The van der Waals surface area contributed by atoms with Crippen molar-refractivity contribution in [1.82, 2.24) is 0 Å². The molecule has 0 amide bonds. The average molecular weight is 271 g/mol. The van der Waals surface area contributed by atoms with Crippen LogP contribution in [0.5, 0.6) is 0 Å². The van der Waals surface area contributed by atoms with Crippen molar-refractivity contribution in [3.8, 4) is 11.1 Å². The molecule has 2 atom stereocenters. The van der Waals surface area contributed by atoms with E-state index in [1.165, 1.54) is 16.0 Å². The molecule has 2 nitrogen and oxygen atoms in total. The first kappa shape index (κ1) is 12.4. The topological polar surface area (TPSA) is 21.6 Å². The van der Waals surface area contributed by atoms with Crippen molar-refractivity contribution in [2.24, 2.45) is 11.1 Å². The second kappa shape index (κ2) is 4.49. The van der Waals surface area contributed by atoms with Crippen LogP contribution < -0.4 is 0 Å². The Bertz CT molecular complexity index is 617. The van der Waals surface area contributed by atoms with Gasteiger partial charge >= 0.3 is 0 Å². The third-order valence-electron chi connectivity index (χ3n) is 4.03. The van der Waals surface area contributed by atoms with E-state index in [0.29, 0.717) is 5.92 Å². The fraction of sp³-hybridized carbons (Fsp3) is 0.312. The van der Waals surface area contributed by atoms with Gasteiger partial charge in [0.15, 0.2) is 5.60 Å². The Hall–Kier alpha value is -1.61. The summed E-state index contributed by atoms with van der Waals surface area (Å²) in [7, 11) is 0. The summed E-state index contributed by atoms with van der Waals surface area (Å²) in [4.78, 5) is 6.93. The number of hydrogen-bond acceptors (Lipinski definition) is 3. The van der Waals surface area contributed by atoms with Crippen molar-refractivity contribution >= 4 is 17.0 Å². The van der Waals surface area contributed by atoms with Crippen molar-refractivity contribution in [1.29, 1.82) is 0 Å². The third-order valence-corrected chi connectivity index (χ3v) is 5.18. The quantitative estimate of drug-likeness (QED) is 0.777. The van der Waals surface area contributed by atoms with Gasteiger partial charge in [-0.25, -0.2) is 0 Å². The zero-order chi connectivity index (χ0) is 13.5. The fourth-order valence-electron chi connectivity index (χ4n) is 2.36. The highest BCUT2D eigenvalue weighted by atomic mass is 32.1. The first-order valence-corrected chi connectivity index (χ1v) is 7.36. The van der Waals surface area contributed by atoms with Gasteiger partial charge in [-0.15, -0.1) is 11.3 Å². The average Bonchev–Trinajstić information content (AvgIpc) is 3.03. The number of benzene rings is 1. The molecule has 3 rings (SSSR count). The van der Waals surface area contributed by atoms with E-state index in [9.17, 15) is 0 Å². The van der Waals surface area contributed by atoms with Crippen molar-refractivity contribution in [2.75, 3.05) is 0 Å². The lowest BCUT2D eigenvalue weighted by Gasteiger charge is -2.25. The predicted molar refractivity (Wildman–Crippen MR) is 80.5 cm³/mol. The normalized spacial score (nSPS) is 26.1. The summed E-state index contributed by atoms with van der Waals surface area (Å²) in [6.07, 6.45) is 0. The highest BCUT2D eigenvalue weighted by Gasteiger charge is 2.43. The Labute approximate surface area is 117 Å². The maximum Gasteiger partial charge on any atom is 0.176 e. The standard InChI is InChI=1S/C16H17NOS/c1-11-12(2)17-18-16(11,3)15-9-14(10-19-15)13-7-5-4-6-8-13/h4-11H,1-3H3. The van der Waals surface area contributed by atoms with Gasteiger partial charge in [-0.05, 0) is 36.4 Å². The molecule has 19 heavy (non-hydrogen) atoms. The van der Waals surface area contributed by atoms with Crippen LogP contribution in [0.3, 0.4) is 0 Å². The van der Waals surface area contributed by atoms with E-state index in [1.807, 2.05) is 13.0 Å². The van der Waals surface area contributed by atoms with Crippen molar-refractivity contribution in [3.63, 3.8) is 0 Å². The molecule has 98 valence electrons. The van der Waals surface area contributed by atoms with Crippen LogP contribution in [-0.4, -0.2) is 5.71 Å². The lowest BCUT2D eigenvalue weighted by atomic mass is 9.86. The minimum absolute atomic E-state index is 0.315. The first-order chi connectivity index (χ1) is 9.11. The molecule has 1 aliphatic heterocycles. The van der Waals surface area contributed by atoms with Crippen LogP contribution in [0.2, 0.25) is 0 Å². The smallest absolute Gasteiger partial charge is 0.176 e. The molecular weight excluding hydrogens is 254 g/mol.